The molecule has 0 aromatic heterocycles. The third kappa shape index (κ3) is 2.31. The van der Waals surface area contributed by atoms with Crippen molar-refractivity contribution in [3.05, 3.63) is 34.1 Å². The van der Waals surface area contributed by atoms with Gasteiger partial charge in [-0.3, -0.25) is 4.79 Å². The van der Waals surface area contributed by atoms with E-state index in [4.69, 9.17) is 5.11 Å². The van der Waals surface area contributed by atoms with E-state index in [-0.39, 0.29) is 10.0 Å². The molecule has 1 aromatic carbocycles. The van der Waals surface area contributed by atoms with Gasteiger partial charge in [-0.1, -0.05) is 0 Å². The number of hydrogen-bond acceptors (Lipinski definition) is 2. The standard InChI is InChI=1S/C11H9BrFNO3/c12-7-2-1-6(5-8(7)13)9(15)14-11(3-4-11)10(16)17/h1-2,5H,3-4H2,(H,14,15)(H,16,17). The summed E-state index contributed by atoms with van der Waals surface area (Å²) in [6.45, 7) is 0. The van der Waals surface area contributed by atoms with Gasteiger partial charge in [-0.15, -0.1) is 0 Å². The molecule has 1 fully saturated rings. The molecule has 1 amide bonds. The molecule has 0 radical (unpaired) electrons. The van der Waals surface area contributed by atoms with Gasteiger partial charge in [0.1, 0.15) is 11.4 Å². The van der Waals surface area contributed by atoms with E-state index in [0.29, 0.717) is 12.8 Å². The average molecular weight is 302 g/mol. The second-order valence-corrected chi connectivity index (χ2v) is 4.82. The minimum Gasteiger partial charge on any atom is -0.480 e. The molecule has 0 unspecified atom stereocenters. The van der Waals surface area contributed by atoms with Crippen molar-refractivity contribution >= 4 is 27.8 Å². The van der Waals surface area contributed by atoms with Crippen LogP contribution in [0.5, 0.6) is 0 Å². The van der Waals surface area contributed by atoms with Crippen molar-refractivity contribution in [2.45, 2.75) is 18.4 Å². The fourth-order valence-corrected chi connectivity index (χ4v) is 1.69. The molecule has 90 valence electrons. The summed E-state index contributed by atoms with van der Waals surface area (Å²) in [5.74, 6) is -2.18. The molecule has 1 saturated carbocycles. The molecule has 1 aliphatic rings. The Morgan fingerprint density at radius 1 is 1.41 bits per heavy atom. The highest BCUT2D eigenvalue weighted by Crippen LogP contribution is 2.35. The number of aliphatic carboxylic acids is 1. The predicted octanol–water partition coefficient (Wildman–Crippen LogP) is 1.94. The monoisotopic (exact) mass is 301 g/mol. The van der Waals surface area contributed by atoms with E-state index in [1.54, 1.807) is 0 Å². The molecule has 6 heteroatoms. The molecule has 0 heterocycles. The van der Waals surface area contributed by atoms with Gasteiger partial charge in [0.25, 0.3) is 5.91 Å². The van der Waals surface area contributed by atoms with Gasteiger partial charge in [0, 0.05) is 5.56 Å². The van der Waals surface area contributed by atoms with Gasteiger partial charge in [-0.05, 0) is 47.0 Å². The van der Waals surface area contributed by atoms with Gasteiger partial charge in [-0.25, -0.2) is 9.18 Å². The van der Waals surface area contributed by atoms with Crippen molar-refractivity contribution in [1.29, 1.82) is 0 Å². The van der Waals surface area contributed by atoms with Crippen molar-refractivity contribution in [2.75, 3.05) is 0 Å². The summed E-state index contributed by atoms with van der Waals surface area (Å²) < 4.78 is 13.5. The lowest BCUT2D eigenvalue weighted by Crippen LogP contribution is -2.43. The van der Waals surface area contributed by atoms with Gasteiger partial charge in [-0.2, -0.15) is 0 Å². The van der Waals surface area contributed by atoms with Crippen LogP contribution in [-0.2, 0) is 4.79 Å². The molecule has 1 aliphatic carbocycles. The van der Waals surface area contributed by atoms with Gasteiger partial charge in [0.2, 0.25) is 0 Å². The van der Waals surface area contributed by atoms with E-state index < -0.39 is 23.2 Å². The number of hydrogen-bond donors (Lipinski definition) is 2. The number of carbonyl (C=O) groups excluding carboxylic acids is 1. The fraction of sp³-hybridized carbons (Fsp3) is 0.273. The minimum atomic E-state index is -1.15. The number of rotatable bonds is 3. The fourth-order valence-electron chi connectivity index (χ4n) is 1.44. The topological polar surface area (TPSA) is 66.4 Å². The van der Waals surface area contributed by atoms with Crippen LogP contribution < -0.4 is 5.32 Å². The van der Waals surface area contributed by atoms with Gasteiger partial charge < -0.3 is 10.4 Å². The SMILES string of the molecule is O=C(NC1(C(=O)O)CC1)c1ccc(Br)c(F)c1. The molecule has 2 N–H and O–H groups in total. The lowest BCUT2D eigenvalue weighted by atomic mass is 10.2. The summed E-state index contributed by atoms with van der Waals surface area (Å²) in [7, 11) is 0. The summed E-state index contributed by atoms with van der Waals surface area (Å²) in [6, 6.07) is 3.91. The molecule has 0 saturated heterocycles. The Morgan fingerprint density at radius 2 is 2.06 bits per heavy atom. The van der Waals surface area contributed by atoms with Crippen molar-refractivity contribution in [1.82, 2.24) is 5.32 Å². The first-order valence-electron chi connectivity index (χ1n) is 4.95. The molecule has 1 aromatic rings. The third-order valence-corrected chi connectivity index (χ3v) is 3.34. The maximum atomic E-state index is 13.2. The van der Waals surface area contributed by atoms with Gasteiger partial charge >= 0.3 is 5.97 Å². The van der Waals surface area contributed by atoms with Crippen molar-refractivity contribution < 1.29 is 19.1 Å². The number of nitrogens with one attached hydrogen (secondary N) is 1. The van der Waals surface area contributed by atoms with E-state index in [0.717, 1.165) is 6.07 Å². The number of carbonyl (C=O) groups is 2. The molecular formula is C11H9BrFNO3. The van der Waals surface area contributed by atoms with E-state index in [2.05, 4.69) is 21.2 Å². The van der Waals surface area contributed by atoms with Crippen LogP contribution in [0.4, 0.5) is 4.39 Å². The van der Waals surface area contributed by atoms with Crippen LogP contribution in [0.25, 0.3) is 0 Å². The molecule has 0 bridgehead atoms. The lowest BCUT2D eigenvalue weighted by molar-refractivity contribution is -0.140. The number of carboxylic acid groups (broad SMARTS) is 1. The van der Waals surface area contributed by atoms with Crippen molar-refractivity contribution in [2.24, 2.45) is 0 Å². The predicted molar refractivity (Wildman–Crippen MR) is 61.2 cm³/mol. The quantitative estimate of drug-likeness (QED) is 0.896. The van der Waals surface area contributed by atoms with Crippen LogP contribution in [0.15, 0.2) is 22.7 Å². The number of carboxylic acids is 1. The van der Waals surface area contributed by atoms with E-state index in [1.807, 2.05) is 0 Å². The summed E-state index contributed by atoms with van der Waals surface area (Å²) >= 11 is 2.97. The summed E-state index contributed by atoms with van der Waals surface area (Å²) in [5.41, 5.74) is -1.04. The highest BCUT2D eigenvalue weighted by Gasteiger charge is 2.51. The van der Waals surface area contributed by atoms with Crippen LogP contribution in [0, 0.1) is 5.82 Å². The van der Waals surface area contributed by atoms with Crippen LogP contribution >= 0.6 is 15.9 Å². The molecule has 0 aliphatic heterocycles. The van der Waals surface area contributed by atoms with E-state index >= 15 is 0 Å². The van der Waals surface area contributed by atoms with Crippen LogP contribution in [0.1, 0.15) is 23.2 Å². The Balaban J connectivity index is 2.15. The maximum Gasteiger partial charge on any atom is 0.329 e. The van der Waals surface area contributed by atoms with Gasteiger partial charge in [0.15, 0.2) is 0 Å². The largest absolute Gasteiger partial charge is 0.480 e. The second-order valence-electron chi connectivity index (χ2n) is 3.97. The Morgan fingerprint density at radius 3 is 2.53 bits per heavy atom. The van der Waals surface area contributed by atoms with Crippen molar-refractivity contribution in [3.63, 3.8) is 0 Å². The van der Waals surface area contributed by atoms with Crippen LogP contribution in [0.2, 0.25) is 0 Å². The summed E-state index contributed by atoms with van der Waals surface area (Å²) in [4.78, 5) is 22.6. The highest BCUT2D eigenvalue weighted by atomic mass is 79.9. The van der Waals surface area contributed by atoms with Crippen molar-refractivity contribution in [3.8, 4) is 0 Å². The Kier molecular flexibility index (Phi) is 2.91. The maximum absolute atomic E-state index is 13.2. The molecule has 0 spiro atoms. The van der Waals surface area contributed by atoms with Gasteiger partial charge in [0.05, 0.1) is 4.47 Å². The Hall–Kier alpha value is -1.43. The minimum absolute atomic E-state index is 0.109. The molecule has 0 atom stereocenters. The summed E-state index contributed by atoms with van der Waals surface area (Å²) in [5, 5.41) is 11.3. The zero-order valence-electron chi connectivity index (χ0n) is 8.67. The average Bonchev–Trinajstić information content (AvgIpc) is 3.03. The molecule has 4 nitrogen and oxygen atoms in total. The Bertz CT molecular complexity index is 499. The Labute approximate surface area is 105 Å². The zero-order valence-corrected chi connectivity index (χ0v) is 10.3. The first kappa shape index (κ1) is 12.0. The highest BCUT2D eigenvalue weighted by molar-refractivity contribution is 9.10. The molecule has 17 heavy (non-hydrogen) atoms. The lowest BCUT2D eigenvalue weighted by Gasteiger charge is -2.12. The van der Waals surface area contributed by atoms with Crippen LogP contribution in [-0.4, -0.2) is 22.5 Å². The smallest absolute Gasteiger partial charge is 0.329 e. The summed E-state index contributed by atoms with van der Waals surface area (Å²) in [6.07, 6.45) is 0.820. The number of benzene rings is 1. The number of amides is 1. The van der Waals surface area contributed by atoms with E-state index in [1.165, 1.54) is 12.1 Å². The third-order valence-electron chi connectivity index (χ3n) is 2.69. The molecular weight excluding hydrogens is 293 g/mol. The van der Waals surface area contributed by atoms with E-state index in [9.17, 15) is 14.0 Å². The second kappa shape index (κ2) is 4.10. The number of halogens is 2. The van der Waals surface area contributed by atoms with Crippen LogP contribution in [0.3, 0.4) is 0 Å². The normalized spacial score (nSPS) is 16.4. The first-order chi connectivity index (χ1) is 7.94. The first-order valence-corrected chi connectivity index (χ1v) is 5.75. The zero-order chi connectivity index (χ0) is 12.6. The molecule has 2 rings (SSSR count).